The van der Waals surface area contributed by atoms with E-state index >= 15 is 0 Å². The maximum Gasteiger partial charge on any atom is 0.306 e. The molecule has 0 amide bonds. The van der Waals surface area contributed by atoms with Crippen LogP contribution in [0.4, 0.5) is 0 Å². The molecule has 1 unspecified atom stereocenters. The largest absolute Gasteiger partial charge is 0.462 e. The Morgan fingerprint density at radius 1 is 0.511 bits per heavy atom. The molecule has 45 heavy (non-hydrogen) atoms. The number of rotatable bonds is 35. The van der Waals surface area contributed by atoms with Crippen molar-refractivity contribution in [2.75, 3.05) is 13.2 Å². The first-order valence-electron chi connectivity index (χ1n) is 19.8. The second-order valence-corrected chi connectivity index (χ2v) is 14.4. The predicted octanol–water partition coefficient (Wildman–Crippen LogP) is 12.1. The number of hydrogen-bond donors (Lipinski definition) is 1. The summed E-state index contributed by atoms with van der Waals surface area (Å²) in [6.07, 6.45) is 34.7. The van der Waals surface area contributed by atoms with Crippen LogP contribution >= 0.6 is 0 Å². The van der Waals surface area contributed by atoms with Crippen molar-refractivity contribution in [3.8, 4) is 0 Å². The van der Waals surface area contributed by atoms with Gasteiger partial charge in [0.05, 0.1) is 6.61 Å². The van der Waals surface area contributed by atoms with Gasteiger partial charge < -0.3 is 14.6 Å². The van der Waals surface area contributed by atoms with Gasteiger partial charge in [0, 0.05) is 12.8 Å². The van der Waals surface area contributed by atoms with Crippen LogP contribution in [0.3, 0.4) is 0 Å². The topological polar surface area (TPSA) is 72.8 Å². The summed E-state index contributed by atoms with van der Waals surface area (Å²) in [4.78, 5) is 24.1. The Kier molecular flexibility index (Phi) is 33.4. The lowest BCUT2D eigenvalue weighted by Gasteiger charge is -2.15. The molecule has 0 saturated heterocycles. The second-order valence-electron chi connectivity index (χ2n) is 14.4. The van der Waals surface area contributed by atoms with Crippen molar-refractivity contribution in [3.63, 3.8) is 0 Å². The molecule has 0 radical (unpaired) electrons. The summed E-state index contributed by atoms with van der Waals surface area (Å²) in [5.74, 6) is 1.11. The monoisotopic (exact) mass is 639 g/mol. The number of carbonyl (C=O) groups excluding carboxylic acids is 2. The van der Waals surface area contributed by atoms with Crippen molar-refractivity contribution in [2.45, 2.75) is 220 Å². The van der Waals surface area contributed by atoms with Crippen molar-refractivity contribution >= 4 is 11.9 Å². The summed E-state index contributed by atoms with van der Waals surface area (Å²) in [7, 11) is 0. The van der Waals surface area contributed by atoms with Crippen LogP contribution in [-0.4, -0.2) is 36.4 Å². The Morgan fingerprint density at radius 2 is 0.867 bits per heavy atom. The van der Waals surface area contributed by atoms with E-state index in [1.54, 1.807) is 0 Å². The van der Waals surface area contributed by atoms with E-state index in [9.17, 15) is 14.7 Å². The lowest BCUT2D eigenvalue weighted by Crippen LogP contribution is -2.28. The van der Waals surface area contributed by atoms with Gasteiger partial charge in [-0.05, 0) is 24.7 Å². The predicted molar refractivity (Wildman–Crippen MR) is 191 cm³/mol. The van der Waals surface area contributed by atoms with E-state index in [0.717, 1.165) is 50.4 Å². The third-order valence-electron chi connectivity index (χ3n) is 9.37. The Hall–Kier alpha value is -1.10. The van der Waals surface area contributed by atoms with E-state index in [-0.39, 0.29) is 25.2 Å². The molecule has 0 spiro atoms. The van der Waals surface area contributed by atoms with E-state index in [1.165, 1.54) is 135 Å². The average molecular weight is 639 g/mol. The number of aliphatic hydroxyl groups is 1. The van der Waals surface area contributed by atoms with Crippen LogP contribution in [0.2, 0.25) is 0 Å². The van der Waals surface area contributed by atoms with Gasteiger partial charge in [0.15, 0.2) is 6.10 Å². The molecule has 0 rings (SSSR count). The van der Waals surface area contributed by atoms with E-state index in [1.807, 2.05) is 0 Å². The summed E-state index contributed by atoms with van der Waals surface area (Å²) in [5, 5.41) is 9.52. The van der Waals surface area contributed by atoms with Gasteiger partial charge in [-0.3, -0.25) is 9.59 Å². The molecule has 0 aliphatic rings. The number of aliphatic hydroxyl groups excluding tert-OH is 1. The van der Waals surface area contributed by atoms with Crippen LogP contribution in [0, 0.1) is 11.8 Å². The Bertz CT molecular complexity index is 634. The zero-order valence-corrected chi connectivity index (χ0v) is 30.7. The molecule has 0 bridgehead atoms. The molecule has 0 aromatic carbocycles. The number of ether oxygens (including phenoxy) is 2. The summed E-state index contributed by atoms with van der Waals surface area (Å²) in [6.45, 7) is 8.82. The molecule has 0 aliphatic carbocycles. The zero-order chi connectivity index (χ0) is 33.2. The first-order valence-corrected chi connectivity index (χ1v) is 19.8. The van der Waals surface area contributed by atoms with Gasteiger partial charge in [0.1, 0.15) is 6.61 Å². The summed E-state index contributed by atoms with van der Waals surface area (Å²) >= 11 is 0. The molecular formula is C40H78O5. The fourth-order valence-electron chi connectivity index (χ4n) is 5.95. The third-order valence-corrected chi connectivity index (χ3v) is 9.37. The molecule has 0 aromatic rings. The van der Waals surface area contributed by atoms with Crippen molar-refractivity contribution in [2.24, 2.45) is 11.8 Å². The first-order chi connectivity index (χ1) is 21.9. The highest BCUT2D eigenvalue weighted by atomic mass is 16.6. The minimum atomic E-state index is -0.763. The molecule has 0 fully saturated rings. The average Bonchev–Trinajstić information content (AvgIpc) is 3.02. The highest BCUT2D eigenvalue weighted by Crippen LogP contribution is 2.17. The summed E-state index contributed by atoms with van der Waals surface area (Å²) < 4.78 is 10.6. The van der Waals surface area contributed by atoms with Gasteiger partial charge in [0.25, 0.3) is 0 Å². The highest BCUT2D eigenvalue weighted by molar-refractivity contribution is 5.70. The SMILES string of the molecule is CCC(C)CCCCCCCCCCCCCCCCCCCCC(=O)O[C@@H](CO)COC(=O)CCCCCCCCC(C)C. The van der Waals surface area contributed by atoms with Crippen LogP contribution in [0.1, 0.15) is 214 Å². The molecule has 0 heterocycles. The lowest BCUT2D eigenvalue weighted by molar-refractivity contribution is -0.161. The van der Waals surface area contributed by atoms with Crippen molar-refractivity contribution in [3.05, 3.63) is 0 Å². The summed E-state index contributed by atoms with van der Waals surface area (Å²) in [5.41, 5.74) is 0. The Labute approximate surface area is 280 Å². The highest BCUT2D eigenvalue weighted by Gasteiger charge is 2.16. The van der Waals surface area contributed by atoms with E-state index in [0.29, 0.717) is 12.8 Å². The standard InChI is InChI=1S/C40H78O5/c1-5-37(4)31-27-23-18-16-14-12-10-8-6-7-9-11-13-15-17-19-25-29-33-40(43)45-38(34-41)35-44-39(42)32-28-24-21-20-22-26-30-36(2)3/h36-38,41H,5-35H2,1-4H3/t37?,38-/m0/s1. The number of esters is 2. The molecule has 0 aliphatic heterocycles. The van der Waals surface area contributed by atoms with Crippen molar-refractivity contribution in [1.82, 2.24) is 0 Å². The maximum atomic E-state index is 12.1. The third kappa shape index (κ3) is 34.1. The van der Waals surface area contributed by atoms with Crippen LogP contribution in [0.15, 0.2) is 0 Å². The molecule has 0 aromatic heterocycles. The fourth-order valence-corrected chi connectivity index (χ4v) is 5.95. The molecular weight excluding hydrogens is 560 g/mol. The van der Waals surface area contributed by atoms with Crippen LogP contribution < -0.4 is 0 Å². The normalized spacial score (nSPS) is 12.8. The Balaban J connectivity index is 3.45. The minimum absolute atomic E-state index is 0.0604. The maximum absolute atomic E-state index is 12.1. The summed E-state index contributed by atoms with van der Waals surface area (Å²) in [6, 6.07) is 0. The van der Waals surface area contributed by atoms with Gasteiger partial charge in [0.2, 0.25) is 0 Å². The molecule has 0 saturated carbocycles. The molecule has 1 N–H and O–H groups in total. The van der Waals surface area contributed by atoms with Crippen LogP contribution in [0.5, 0.6) is 0 Å². The van der Waals surface area contributed by atoms with Gasteiger partial charge in [-0.1, -0.05) is 188 Å². The number of carbonyl (C=O) groups is 2. The van der Waals surface area contributed by atoms with E-state index < -0.39 is 6.10 Å². The van der Waals surface area contributed by atoms with Gasteiger partial charge >= 0.3 is 11.9 Å². The van der Waals surface area contributed by atoms with Crippen molar-refractivity contribution < 1.29 is 24.2 Å². The number of unbranched alkanes of at least 4 members (excludes halogenated alkanes) is 22. The van der Waals surface area contributed by atoms with Crippen LogP contribution in [-0.2, 0) is 19.1 Å². The molecule has 2 atom stereocenters. The van der Waals surface area contributed by atoms with Crippen molar-refractivity contribution in [1.29, 1.82) is 0 Å². The lowest BCUT2D eigenvalue weighted by atomic mass is 9.99. The van der Waals surface area contributed by atoms with Gasteiger partial charge in [-0.25, -0.2) is 0 Å². The molecule has 268 valence electrons. The number of hydrogen-bond acceptors (Lipinski definition) is 5. The second kappa shape index (κ2) is 34.2. The van der Waals surface area contributed by atoms with Gasteiger partial charge in [-0.15, -0.1) is 0 Å². The fraction of sp³-hybridized carbons (Fsp3) is 0.950. The van der Waals surface area contributed by atoms with E-state index in [2.05, 4.69) is 27.7 Å². The minimum Gasteiger partial charge on any atom is -0.462 e. The van der Waals surface area contributed by atoms with Crippen LogP contribution in [0.25, 0.3) is 0 Å². The molecule has 5 nitrogen and oxygen atoms in total. The molecule has 5 heteroatoms. The van der Waals surface area contributed by atoms with E-state index in [4.69, 9.17) is 9.47 Å². The zero-order valence-electron chi connectivity index (χ0n) is 30.7. The Morgan fingerprint density at radius 3 is 1.24 bits per heavy atom. The first kappa shape index (κ1) is 43.9. The van der Waals surface area contributed by atoms with Gasteiger partial charge in [-0.2, -0.15) is 0 Å². The smallest absolute Gasteiger partial charge is 0.306 e. The quantitative estimate of drug-likeness (QED) is 0.0552.